The maximum Gasteiger partial charge on any atom is 0.337 e. The number of carbonyl (C=O) groups is 1. The summed E-state index contributed by atoms with van der Waals surface area (Å²) in [6.07, 6.45) is 1.70. The number of aryl methyl sites for hydroxylation is 1. The first kappa shape index (κ1) is 15.2. The highest BCUT2D eigenvalue weighted by Crippen LogP contribution is 2.30. The van der Waals surface area contributed by atoms with Gasteiger partial charge in [-0.05, 0) is 49.2 Å². The Kier molecular flexibility index (Phi) is 4.06. The molecule has 1 heterocycles. The first-order chi connectivity index (χ1) is 11.1. The van der Waals surface area contributed by atoms with Crippen LogP contribution in [0.5, 0.6) is 5.75 Å². The third kappa shape index (κ3) is 2.80. The van der Waals surface area contributed by atoms with Crippen LogP contribution in [0.25, 0.3) is 22.0 Å². The number of carboxylic acid groups (broad SMARTS) is 1. The van der Waals surface area contributed by atoms with Crippen LogP contribution in [-0.2, 0) is 6.54 Å². The van der Waals surface area contributed by atoms with Crippen molar-refractivity contribution >= 4 is 16.9 Å². The predicted molar refractivity (Wildman–Crippen MR) is 91.2 cm³/mol. The number of fused-ring (bicyclic) bond motifs is 1. The zero-order valence-corrected chi connectivity index (χ0v) is 13.2. The maximum absolute atomic E-state index is 11.5. The van der Waals surface area contributed by atoms with Gasteiger partial charge in [0.25, 0.3) is 0 Å². The molecule has 0 aliphatic carbocycles. The van der Waals surface area contributed by atoms with E-state index in [4.69, 9.17) is 4.74 Å². The van der Waals surface area contributed by atoms with E-state index in [0.29, 0.717) is 12.2 Å². The minimum absolute atomic E-state index is 0.338. The monoisotopic (exact) mass is 309 g/mol. The average molecular weight is 309 g/mol. The first-order valence-corrected chi connectivity index (χ1v) is 7.73. The van der Waals surface area contributed by atoms with Gasteiger partial charge in [-0.2, -0.15) is 0 Å². The number of benzene rings is 2. The Labute approximate surface area is 134 Å². The lowest BCUT2D eigenvalue weighted by Crippen LogP contribution is -1.94. The minimum Gasteiger partial charge on any atom is -0.494 e. The Morgan fingerprint density at radius 1 is 1.13 bits per heavy atom. The summed E-state index contributed by atoms with van der Waals surface area (Å²) in [7, 11) is 0. The summed E-state index contributed by atoms with van der Waals surface area (Å²) in [5.41, 5.74) is 3.27. The average Bonchev–Trinajstić information content (AvgIpc) is 2.93. The third-order valence-electron chi connectivity index (χ3n) is 3.93. The van der Waals surface area contributed by atoms with Crippen molar-refractivity contribution in [3.05, 3.63) is 54.2 Å². The molecule has 3 aromatic rings. The van der Waals surface area contributed by atoms with Gasteiger partial charge in [-0.3, -0.25) is 0 Å². The quantitative estimate of drug-likeness (QED) is 0.758. The van der Waals surface area contributed by atoms with E-state index in [1.807, 2.05) is 60.9 Å². The zero-order chi connectivity index (χ0) is 16.4. The lowest BCUT2D eigenvalue weighted by Gasteiger charge is -2.07. The molecule has 0 atom stereocenters. The van der Waals surface area contributed by atoms with Crippen molar-refractivity contribution in [2.24, 2.45) is 0 Å². The van der Waals surface area contributed by atoms with E-state index in [1.54, 1.807) is 6.20 Å². The van der Waals surface area contributed by atoms with E-state index in [-0.39, 0.29) is 0 Å². The van der Waals surface area contributed by atoms with E-state index < -0.39 is 5.97 Å². The molecule has 3 rings (SSSR count). The van der Waals surface area contributed by atoms with Gasteiger partial charge in [-0.15, -0.1) is 0 Å². The highest BCUT2D eigenvalue weighted by atomic mass is 16.5. The van der Waals surface area contributed by atoms with Crippen LogP contribution in [0.4, 0.5) is 0 Å². The molecule has 4 heteroatoms. The Morgan fingerprint density at radius 3 is 2.61 bits per heavy atom. The Bertz CT molecular complexity index is 864. The van der Waals surface area contributed by atoms with Crippen molar-refractivity contribution < 1.29 is 14.6 Å². The fourth-order valence-electron chi connectivity index (χ4n) is 2.84. The molecule has 0 saturated heterocycles. The van der Waals surface area contributed by atoms with Crippen molar-refractivity contribution in [2.45, 2.75) is 20.4 Å². The topological polar surface area (TPSA) is 51.5 Å². The van der Waals surface area contributed by atoms with Crippen LogP contribution in [-0.4, -0.2) is 22.2 Å². The van der Waals surface area contributed by atoms with Gasteiger partial charge in [0.1, 0.15) is 5.75 Å². The van der Waals surface area contributed by atoms with E-state index in [9.17, 15) is 9.90 Å². The summed E-state index contributed by atoms with van der Waals surface area (Å²) < 4.78 is 7.50. The SMILES string of the molecule is CCOc1cccc(-c2ccc3c(c2)c(C(=O)O)cn3CC)c1. The number of rotatable bonds is 5. The fraction of sp³-hybridized carbons (Fsp3) is 0.211. The number of hydrogen-bond donors (Lipinski definition) is 1. The lowest BCUT2D eigenvalue weighted by atomic mass is 10.0. The van der Waals surface area contributed by atoms with Gasteiger partial charge < -0.3 is 14.4 Å². The lowest BCUT2D eigenvalue weighted by molar-refractivity contribution is 0.0699. The Balaban J connectivity index is 2.14. The number of carboxylic acids is 1. The largest absolute Gasteiger partial charge is 0.494 e. The van der Waals surface area contributed by atoms with Gasteiger partial charge >= 0.3 is 5.97 Å². The van der Waals surface area contributed by atoms with Crippen LogP contribution in [0.3, 0.4) is 0 Å². The van der Waals surface area contributed by atoms with Crippen LogP contribution in [0.1, 0.15) is 24.2 Å². The van der Waals surface area contributed by atoms with Crippen LogP contribution in [0.2, 0.25) is 0 Å². The third-order valence-corrected chi connectivity index (χ3v) is 3.93. The zero-order valence-electron chi connectivity index (χ0n) is 13.2. The van der Waals surface area contributed by atoms with E-state index >= 15 is 0 Å². The Hall–Kier alpha value is -2.75. The molecular formula is C19H19NO3. The molecule has 4 nitrogen and oxygen atoms in total. The van der Waals surface area contributed by atoms with Crippen molar-refractivity contribution in [3.63, 3.8) is 0 Å². The standard InChI is InChI=1S/C19H19NO3/c1-3-20-12-17(19(21)22)16-11-14(8-9-18(16)20)13-6-5-7-15(10-13)23-4-2/h5-12H,3-4H2,1-2H3,(H,21,22). The molecule has 23 heavy (non-hydrogen) atoms. The second-order valence-electron chi connectivity index (χ2n) is 5.33. The van der Waals surface area contributed by atoms with Gasteiger partial charge in [0.15, 0.2) is 0 Å². The van der Waals surface area contributed by atoms with Crippen LogP contribution in [0, 0.1) is 0 Å². The maximum atomic E-state index is 11.5. The van der Waals surface area contributed by atoms with Crippen molar-refractivity contribution in [1.29, 1.82) is 0 Å². The number of aromatic carboxylic acids is 1. The summed E-state index contributed by atoms with van der Waals surface area (Å²) in [4.78, 5) is 11.5. The molecule has 0 fully saturated rings. The minimum atomic E-state index is -0.901. The molecule has 0 amide bonds. The van der Waals surface area contributed by atoms with Crippen molar-refractivity contribution in [1.82, 2.24) is 4.57 Å². The van der Waals surface area contributed by atoms with Gasteiger partial charge in [0.2, 0.25) is 0 Å². The molecule has 0 aliphatic heterocycles. The summed E-state index contributed by atoms with van der Waals surface area (Å²) in [5, 5.41) is 10.2. The molecule has 118 valence electrons. The molecule has 0 bridgehead atoms. The number of aromatic nitrogens is 1. The van der Waals surface area contributed by atoms with Gasteiger partial charge in [-0.25, -0.2) is 4.79 Å². The fourth-order valence-corrected chi connectivity index (χ4v) is 2.84. The van der Waals surface area contributed by atoms with E-state index in [0.717, 1.165) is 34.3 Å². The molecular weight excluding hydrogens is 290 g/mol. The summed E-state index contributed by atoms with van der Waals surface area (Å²) in [6, 6.07) is 13.8. The number of hydrogen-bond acceptors (Lipinski definition) is 2. The predicted octanol–water partition coefficient (Wildman–Crippen LogP) is 4.43. The highest BCUT2D eigenvalue weighted by Gasteiger charge is 2.14. The van der Waals surface area contributed by atoms with Crippen LogP contribution in [0.15, 0.2) is 48.7 Å². The van der Waals surface area contributed by atoms with E-state index in [2.05, 4.69) is 0 Å². The molecule has 0 spiro atoms. The molecule has 0 radical (unpaired) electrons. The molecule has 2 aromatic carbocycles. The number of ether oxygens (including phenoxy) is 1. The molecule has 0 unspecified atom stereocenters. The van der Waals surface area contributed by atoms with Crippen molar-refractivity contribution in [2.75, 3.05) is 6.61 Å². The Morgan fingerprint density at radius 2 is 1.91 bits per heavy atom. The normalized spacial score (nSPS) is 10.9. The first-order valence-electron chi connectivity index (χ1n) is 7.73. The van der Waals surface area contributed by atoms with E-state index in [1.165, 1.54) is 0 Å². The summed E-state index contributed by atoms with van der Waals surface area (Å²) in [5.74, 6) is -0.0860. The second-order valence-corrected chi connectivity index (χ2v) is 5.33. The molecule has 1 N–H and O–H groups in total. The van der Waals surface area contributed by atoms with Crippen LogP contribution >= 0.6 is 0 Å². The smallest absolute Gasteiger partial charge is 0.337 e. The number of nitrogens with zero attached hydrogens (tertiary/aromatic N) is 1. The summed E-state index contributed by atoms with van der Waals surface area (Å²) >= 11 is 0. The molecule has 0 aliphatic rings. The van der Waals surface area contributed by atoms with Gasteiger partial charge in [0.05, 0.1) is 12.2 Å². The highest BCUT2D eigenvalue weighted by molar-refractivity contribution is 6.04. The van der Waals surface area contributed by atoms with Crippen molar-refractivity contribution in [3.8, 4) is 16.9 Å². The molecule has 1 aromatic heterocycles. The van der Waals surface area contributed by atoms with Gasteiger partial charge in [-0.1, -0.05) is 18.2 Å². The summed E-state index contributed by atoms with van der Waals surface area (Å²) in [6.45, 7) is 5.31. The molecule has 0 saturated carbocycles. The second kappa shape index (κ2) is 6.16. The van der Waals surface area contributed by atoms with Gasteiger partial charge in [0, 0.05) is 23.6 Å². The van der Waals surface area contributed by atoms with Crippen LogP contribution < -0.4 is 4.74 Å².